The molecule has 0 N–H and O–H groups in total. The standard InChI is InChI=1S/C24H22F4N4O3S.Na/c1-16-3-2-4-18(13-16)31-9-11-32(12-10-31)22-8-6-19(15-29-22)36(34,35)30-23(33)20-7-5-17(25)14-21(20)24(26,27)28;/h2-8,13-15H,9-12H2,1H3,(H,30,33);/q;+1/p-1. The number of aromatic nitrogens is 1. The quantitative estimate of drug-likeness (QED) is 0.360. The first-order valence-electron chi connectivity index (χ1n) is 10.9. The Bertz CT molecular complexity index is 1380. The van der Waals surface area contributed by atoms with Crippen LogP contribution in [-0.2, 0) is 16.2 Å². The van der Waals surface area contributed by atoms with Crippen LogP contribution in [0.1, 0.15) is 21.5 Å². The fourth-order valence-electron chi connectivity index (χ4n) is 3.88. The van der Waals surface area contributed by atoms with E-state index in [1.165, 1.54) is 12.1 Å². The molecule has 0 bridgehead atoms. The maximum Gasteiger partial charge on any atom is 1.00 e. The van der Waals surface area contributed by atoms with Crippen molar-refractivity contribution in [3.8, 4) is 0 Å². The molecular formula is C24H21F4N4NaO3S. The number of carbonyl (C=O) groups excluding carboxylic acids is 1. The Morgan fingerprint density at radius 1 is 0.973 bits per heavy atom. The molecule has 0 radical (unpaired) electrons. The molecule has 1 saturated heterocycles. The van der Waals surface area contributed by atoms with Crippen molar-refractivity contribution in [2.45, 2.75) is 18.0 Å². The van der Waals surface area contributed by atoms with Crippen LogP contribution in [0.4, 0.5) is 29.1 Å². The molecule has 1 fully saturated rings. The summed E-state index contributed by atoms with van der Waals surface area (Å²) >= 11 is 0. The number of amides is 1. The number of alkyl halides is 3. The van der Waals surface area contributed by atoms with E-state index in [-0.39, 0.29) is 35.6 Å². The van der Waals surface area contributed by atoms with E-state index in [4.69, 9.17) is 0 Å². The fourth-order valence-corrected chi connectivity index (χ4v) is 4.73. The number of aryl methyl sites for hydroxylation is 1. The van der Waals surface area contributed by atoms with E-state index in [1.54, 1.807) is 0 Å². The minimum atomic E-state index is -5.07. The number of sulfonamides is 1. The number of hydrogen-bond acceptors (Lipinski definition) is 6. The van der Waals surface area contributed by atoms with Crippen molar-refractivity contribution < 1.29 is 60.3 Å². The van der Waals surface area contributed by atoms with Crippen molar-refractivity contribution in [2.24, 2.45) is 0 Å². The third kappa shape index (κ3) is 6.81. The molecule has 0 saturated carbocycles. The molecule has 0 aliphatic carbocycles. The van der Waals surface area contributed by atoms with E-state index in [2.05, 4.69) is 20.7 Å². The Hall–Kier alpha value is -2.67. The first-order valence-corrected chi connectivity index (χ1v) is 12.3. The number of hydrogen-bond donors (Lipinski definition) is 0. The van der Waals surface area contributed by atoms with Gasteiger partial charge < -0.3 is 19.3 Å². The molecule has 0 spiro atoms. The van der Waals surface area contributed by atoms with Gasteiger partial charge in [-0.15, -0.1) is 0 Å². The Morgan fingerprint density at radius 3 is 2.24 bits per heavy atom. The Balaban J connectivity index is 0.00000380. The summed E-state index contributed by atoms with van der Waals surface area (Å²) in [4.78, 5) is 20.2. The summed E-state index contributed by atoms with van der Waals surface area (Å²) in [5.41, 5.74) is -0.398. The van der Waals surface area contributed by atoms with Crippen molar-refractivity contribution in [1.82, 2.24) is 4.98 Å². The molecule has 2 aromatic carbocycles. The van der Waals surface area contributed by atoms with Crippen LogP contribution in [0.5, 0.6) is 0 Å². The molecule has 190 valence electrons. The number of nitrogens with zero attached hydrogens (tertiary/aromatic N) is 4. The van der Waals surface area contributed by atoms with E-state index in [0.717, 1.165) is 30.5 Å². The maximum absolute atomic E-state index is 13.3. The Labute approximate surface area is 233 Å². The van der Waals surface area contributed by atoms with Gasteiger partial charge in [-0.25, -0.2) is 17.8 Å². The number of piperazine rings is 1. The van der Waals surface area contributed by atoms with Crippen molar-refractivity contribution in [1.29, 1.82) is 0 Å². The molecular weight excluding hydrogens is 523 g/mol. The predicted octanol–water partition coefficient (Wildman–Crippen LogP) is 1.78. The Morgan fingerprint density at radius 2 is 1.65 bits per heavy atom. The first kappa shape index (κ1) is 28.9. The van der Waals surface area contributed by atoms with Crippen LogP contribution in [0.3, 0.4) is 0 Å². The van der Waals surface area contributed by atoms with Gasteiger partial charge in [0.05, 0.1) is 16.4 Å². The molecule has 1 aliphatic heterocycles. The molecule has 37 heavy (non-hydrogen) atoms. The second-order valence-corrected chi connectivity index (χ2v) is 9.83. The second-order valence-electron chi connectivity index (χ2n) is 8.22. The fraction of sp³-hybridized carbons (Fsp3) is 0.250. The topological polar surface area (TPSA) is 84.7 Å². The van der Waals surface area contributed by atoms with Gasteiger partial charge in [-0.05, 0) is 55.0 Å². The predicted molar refractivity (Wildman–Crippen MR) is 126 cm³/mol. The molecule has 1 aliphatic rings. The average molecular weight is 545 g/mol. The molecule has 2 heterocycles. The third-order valence-corrected chi connectivity index (χ3v) is 6.95. The number of rotatable bonds is 5. The summed E-state index contributed by atoms with van der Waals surface area (Å²) < 4.78 is 80.9. The maximum atomic E-state index is 13.3. The van der Waals surface area contributed by atoms with E-state index >= 15 is 0 Å². The van der Waals surface area contributed by atoms with Crippen molar-refractivity contribution in [3.63, 3.8) is 0 Å². The number of anilines is 2. The molecule has 1 amide bonds. The first-order chi connectivity index (χ1) is 16.9. The number of halogens is 4. The summed E-state index contributed by atoms with van der Waals surface area (Å²) in [5.74, 6) is -2.36. The minimum Gasteiger partial charge on any atom is -0.537 e. The van der Waals surface area contributed by atoms with Crippen molar-refractivity contribution in [3.05, 3.63) is 88.0 Å². The van der Waals surface area contributed by atoms with Crippen LogP contribution in [0, 0.1) is 12.7 Å². The second kappa shape index (κ2) is 11.4. The smallest absolute Gasteiger partial charge is 0.537 e. The number of pyridine rings is 1. The summed E-state index contributed by atoms with van der Waals surface area (Å²) in [7, 11) is -4.65. The number of carbonyl (C=O) groups is 1. The van der Waals surface area contributed by atoms with Gasteiger partial charge in [0.15, 0.2) is 0 Å². The summed E-state index contributed by atoms with van der Waals surface area (Å²) in [5, 5.41) is 0. The van der Waals surface area contributed by atoms with Gasteiger partial charge in [0.1, 0.15) is 21.7 Å². The van der Waals surface area contributed by atoms with Crippen LogP contribution in [0.15, 0.2) is 65.7 Å². The Kier molecular flexibility index (Phi) is 8.89. The zero-order valence-corrected chi connectivity index (χ0v) is 22.9. The normalized spacial score (nSPS) is 14.2. The number of benzene rings is 2. The molecule has 3 aromatic rings. The van der Waals surface area contributed by atoms with E-state index in [0.29, 0.717) is 31.0 Å². The van der Waals surface area contributed by atoms with Gasteiger partial charge in [-0.3, -0.25) is 0 Å². The van der Waals surface area contributed by atoms with Gasteiger partial charge in [0.25, 0.3) is 0 Å². The SMILES string of the molecule is Cc1cccc(N2CCN(c3ccc(S(=O)(=O)[N-]C(=O)c4ccc(F)cc4C(F)(F)F)cn3)CC2)c1.[Na+]. The molecule has 4 rings (SSSR count). The zero-order chi connectivity index (χ0) is 26.1. The van der Waals surface area contributed by atoms with E-state index in [9.17, 15) is 30.8 Å². The molecule has 7 nitrogen and oxygen atoms in total. The largest absolute Gasteiger partial charge is 1.00 e. The summed E-state index contributed by atoms with van der Waals surface area (Å²) in [6.45, 7) is 4.76. The molecule has 1 aromatic heterocycles. The van der Waals surface area contributed by atoms with Crippen LogP contribution < -0.4 is 39.4 Å². The average Bonchev–Trinajstić information content (AvgIpc) is 2.83. The van der Waals surface area contributed by atoms with Gasteiger partial charge in [0.2, 0.25) is 0 Å². The molecule has 13 heteroatoms. The van der Waals surface area contributed by atoms with Gasteiger partial charge in [-0.1, -0.05) is 12.1 Å². The van der Waals surface area contributed by atoms with Gasteiger partial charge >= 0.3 is 35.7 Å². The van der Waals surface area contributed by atoms with Crippen LogP contribution in [0.2, 0.25) is 0 Å². The monoisotopic (exact) mass is 544 g/mol. The zero-order valence-electron chi connectivity index (χ0n) is 20.0. The van der Waals surface area contributed by atoms with E-state index < -0.39 is 43.9 Å². The van der Waals surface area contributed by atoms with Gasteiger partial charge in [0, 0.05) is 43.6 Å². The van der Waals surface area contributed by atoms with Crippen LogP contribution >= 0.6 is 0 Å². The van der Waals surface area contributed by atoms with Crippen molar-refractivity contribution >= 4 is 27.4 Å². The van der Waals surface area contributed by atoms with Gasteiger partial charge in [-0.2, -0.15) is 13.2 Å². The van der Waals surface area contributed by atoms with E-state index in [1.807, 2.05) is 30.0 Å². The third-order valence-electron chi connectivity index (χ3n) is 5.71. The van der Waals surface area contributed by atoms with Crippen molar-refractivity contribution in [2.75, 3.05) is 36.0 Å². The molecule has 0 unspecified atom stereocenters. The summed E-state index contributed by atoms with van der Waals surface area (Å²) in [6.07, 6.45) is -4.07. The minimum absolute atomic E-state index is 0. The van der Waals surface area contributed by atoms with Crippen LogP contribution in [-0.4, -0.2) is 45.5 Å². The molecule has 0 atom stereocenters. The van der Waals surface area contributed by atoms with Crippen LogP contribution in [0.25, 0.3) is 4.72 Å². The summed E-state index contributed by atoms with van der Waals surface area (Å²) in [6, 6.07) is 12.1.